The highest BCUT2D eigenvalue weighted by molar-refractivity contribution is 5.91. The standard InChI is InChI=1S/C15H15F2N3O2/c16-12-1-2-13(17)11(6-12)5-10(9-21)7-20-15(22)14-8-18-3-4-19-14/h1-4,6,8,10,21H,5,7,9H2,(H,20,22)/t10-/m0/s1. The topological polar surface area (TPSA) is 75.1 Å². The minimum absolute atomic E-state index is 0.112. The lowest BCUT2D eigenvalue weighted by Crippen LogP contribution is -2.32. The molecule has 0 unspecified atom stereocenters. The molecule has 0 saturated heterocycles. The molecule has 1 heterocycles. The molecule has 0 aliphatic heterocycles. The van der Waals surface area contributed by atoms with Crippen molar-refractivity contribution in [3.63, 3.8) is 0 Å². The second-order valence-corrected chi connectivity index (χ2v) is 4.79. The van der Waals surface area contributed by atoms with Gasteiger partial charge in [0.15, 0.2) is 0 Å². The van der Waals surface area contributed by atoms with Crippen molar-refractivity contribution in [1.82, 2.24) is 15.3 Å². The first kappa shape index (κ1) is 16.0. The maximum absolute atomic E-state index is 13.6. The normalized spacial score (nSPS) is 12.0. The first-order valence-electron chi connectivity index (χ1n) is 6.69. The Morgan fingerprint density at radius 2 is 2.14 bits per heavy atom. The maximum Gasteiger partial charge on any atom is 0.271 e. The quantitative estimate of drug-likeness (QED) is 0.844. The van der Waals surface area contributed by atoms with Gasteiger partial charge in [0, 0.05) is 31.5 Å². The van der Waals surface area contributed by atoms with Crippen LogP contribution in [0.25, 0.3) is 0 Å². The fourth-order valence-corrected chi connectivity index (χ4v) is 1.96. The van der Waals surface area contributed by atoms with Crippen molar-refractivity contribution >= 4 is 5.91 Å². The zero-order valence-corrected chi connectivity index (χ0v) is 11.7. The van der Waals surface area contributed by atoms with Crippen LogP contribution in [0.15, 0.2) is 36.8 Å². The van der Waals surface area contributed by atoms with E-state index < -0.39 is 23.5 Å². The first-order valence-corrected chi connectivity index (χ1v) is 6.69. The van der Waals surface area contributed by atoms with E-state index >= 15 is 0 Å². The predicted molar refractivity (Wildman–Crippen MR) is 75.0 cm³/mol. The molecule has 1 aromatic heterocycles. The number of carbonyl (C=O) groups excluding carboxylic acids is 1. The molecular weight excluding hydrogens is 292 g/mol. The molecule has 0 fully saturated rings. The van der Waals surface area contributed by atoms with Crippen LogP contribution in [0, 0.1) is 17.6 Å². The largest absolute Gasteiger partial charge is 0.396 e. The number of amides is 1. The number of aliphatic hydroxyl groups excluding tert-OH is 1. The molecule has 2 aromatic rings. The number of nitrogens with one attached hydrogen (secondary N) is 1. The summed E-state index contributed by atoms with van der Waals surface area (Å²) in [5, 5.41) is 11.9. The Morgan fingerprint density at radius 3 is 2.82 bits per heavy atom. The Hall–Kier alpha value is -2.41. The van der Waals surface area contributed by atoms with Crippen molar-refractivity contribution in [2.45, 2.75) is 6.42 Å². The van der Waals surface area contributed by atoms with Gasteiger partial charge < -0.3 is 10.4 Å². The number of carbonyl (C=O) groups is 1. The van der Waals surface area contributed by atoms with Crippen molar-refractivity contribution in [3.8, 4) is 0 Å². The number of hydrogen-bond donors (Lipinski definition) is 2. The van der Waals surface area contributed by atoms with E-state index in [9.17, 15) is 18.7 Å². The average Bonchev–Trinajstić information content (AvgIpc) is 2.55. The first-order chi connectivity index (χ1) is 10.6. The van der Waals surface area contributed by atoms with Crippen molar-refractivity contribution in [1.29, 1.82) is 0 Å². The van der Waals surface area contributed by atoms with Gasteiger partial charge in [0.1, 0.15) is 17.3 Å². The van der Waals surface area contributed by atoms with E-state index in [1.807, 2.05) is 0 Å². The van der Waals surface area contributed by atoms with Crippen LogP contribution in [0.5, 0.6) is 0 Å². The van der Waals surface area contributed by atoms with Crippen molar-refractivity contribution < 1.29 is 18.7 Å². The molecule has 5 nitrogen and oxygen atoms in total. The lowest BCUT2D eigenvalue weighted by molar-refractivity contribution is 0.0934. The van der Waals surface area contributed by atoms with E-state index in [4.69, 9.17) is 0 Å². The molecule has 116 valence electrons. The Labute approximate surface area is 126 Å². The molecular formula is C15H15F2N3O2. The second-order valence-electron chi connectivity index (χ2n) is 4.79. The Morgan fingerprint density at radius 1 is 1.32 bits per heavy atom. The van der Waals surface area contributed by atoms with Gasteiger partial charge in [0.05, 0.1) is 6.20 Å². The molecule has 0 saturated carbocycles. The summed E-state index contributed by atoms with van der Waals surface area (Å²) in [5.74, 6) is -1.96. The molecule has 2 N–H and O–H groups in total. The SMILES string of the molecule is O=C(NC[C@@H](CO)Cc1cc(F)ccc1F)c1cnccn1. The molecule has 0 aliphatic carbocycles. The van der Waals surface area contributed by atoms with Gasteiger partial charge >= 0.3 is 0 Å². The molecule has 0 radical (unpaired) electrons. The van der Waals surface area contributed by atoms with Crippen molar-refractivity contribution in [3.05, 3.63) is 59.7 Å². The zero-order chi connectivity index (χ0) is 15.9. The van der Waals surface area contributed by atoms with Gasteiger partial charge in [-0.2, -0.15) is 0 Å². The fourth-order valence-electron chi connectivity index (χ4n) is 1.96. The van der Waals surface area contributed by atoms with E-state index in [1.165, 1.54) is 18.6 Å². The fraction of sp³-hybridized carbons (Fsp3) is 0.267. The molecule has 1 atom stereocenters. The lowest BCUT2D eigenvalue weighted by Gasteiger charge is -2.15. The molecule has 0 spiro atoms. The minimum atomic E-state index is -0.545. The highest BCUT2D eigenvalue weighted by atomic mass is 19.1. The van der Waals surface area contributed by atoms with Gasteiger partial charge in [-0.15, -0.1) is 0 Å². The van der Waals surface area contributed by atoms with Crippen LogP contribution in [-0.2, 0) is 6.42 Å². The summed E-state index contributed by atoms with van der Waals surface area (Å²) < 4.78 is 26.7. The van der Waals surface area contributed by atoms with E-state index in [0.717, 1.165) is 18.2 Å². The highest BCUT2D eigenvalue weighted by Crippen LogP contribution is 2.14. The zero-order valence-electron chi connectivity index (χ0n) is 11.7. The third-order valence-corrected chi connectivity index (χ3v) is 3.12. The second kappa shape index (κ2) is 7.56. The number of rotatable bonds is 6. The van der Waals surface area contributed by atoms with Crippen LogP contribution in [0.2, 0.25) is 0 Å². The number of aliphatic hydroxyl groups is 1. The van der Waals surface area contributed by atoms with Crippen LogP contribution in [0.1, 0.15) is 16.1 Å². The molecule has 0 bridgehead atoms. The number of aromatic nitrogens is 2. The van der Waals surface area contributed by atoms with E-state index in [-0.39, 0.29) is 30.8 Å². The number of hydrogen-bond acceptors (Lipinski definition) is 4. The van der Waals surface area contributed by atoms with Crippen LogP contribution in [0.3, 0.4) is 0 Å². The van der Waals surface area contributed by atoms with Crippen LogP contribution in [-0.4, -0.2) is 34.1 Å². The van der Waals surface area contributed by atoms with Crippen molar-refractivity contribution in [2.75, 3.05) is 13.2 Å². The Balaban J connectivity index is 1.95. The van der Waals surface area contributed by atoms with Crippen LogP contribution in [0.4, 0.5) is 8.78 Å². The Kier molecular flexibility index (Phi) is 5.48. The summed E-state index contributed by atoms with van der Waals surface area (Å²) in [4.78, 5) is 19.4. The third kappa shape index (κ3) is 4.29. The van der Waals surface area contributed by atoms with Crippen molar-refractivity contribution in [2.24, 2.45) is 5.92 Å². The average molecular weight is 307 g/mol. The molecule has 1 amide bonds. The summed E-state index contributed by atoms with van der Waals surface area (Å²) in [6.07, 6.45) is 4.26. The molecule has 22 heavy (non-hydrogen) atoms. The predicted octanol–water partition coefficient (Wildman–Crippen LogP) is 1.34. The minimum Gasteiger partial charge on any atom is -0.396 e. The van der Waals surface area contributed by atoms with Crippen LogP contribution >= 0.6 is 0 Å². The smallest absolute Gasteiger partial charge is 0.271 e. The number of nitrogens with zero attached hydrogens (tertiary/aromatic N) is 2. The molecule has 7 heteroatoms. The van der Waals surface area contributed by atoms with Gasteiger partial charge in [0.25, 0.3) is 5.91 Å². The van der Waals surface area contributed by atoms with E-state index in [0.29, 0.717) is 0 Å². The monoisotopic (exact) mass is 307 g/mol. The van der Waals surface area contributed by atoms with Gasteiger partial charge in [-0.1, -0.05) is 0 Å². The van der Waals surface area contributed by atoms with Gasteiger partial charge in [-0.05, 0) is 30.2 Å². The third-order valence-electron chi connectivity index (χ3n) is 3.12. The molecule has 0 aliphatic rings. The number of benzene rings is 1. The van der Waals surface area contributed by atoms with Gasteiger partial charge in [-0.25, -0.2) is 13.8 Å². The summed E-state index contributed by atoms with van der Waals surface area (Å²) in [7, 11) is 0. The maximum atomic E-state index is 13.6. The van der Waals surface area contributed by atoms with E-state index in [2.05, 4.69) is 15.3 Å². The molecule has 2 rings (SSSR count). The summed E-state index contributed by atoms with van der Waals surface area (Å²) in [5.41, 5.74) is 0.309. The number of halogens is 2. The lowest BCUT2D eigenvalue weighted by atomic mass is 9.99. The summed E-state index contributed by atoms with van der Waals surface area (Å²) in [6, 6.07) is 3.16. The highest BCUT2D eigenvalue weighted by Gasteiger charge is 2.15. The Bertz CT molecular complexity index is 638. The summed E-state index contributed by atoms with van der Waals surface area (Å²) in [6.45, 7) is -0.154. The van der Waals surface area contributed by atoms with Gasteiger partial charge in [-0.3, -0.25) is 9.78 Å². The van der Waals surface area contributed by atoms with E-state index in [1.54, 1.807) is 0 Å². The summed E-state index contributed by atoms with van der Waals surface area (Å²) >= 11 is 0. The van der Waals surface area contributed by atoms with Gasteiger partial charge in [0.2, 0.25) is 0 Å². The molecule has 1 aromatic carbocycles. The van der Waals surface area contributed by atoms with Crippen LogP contribution < -0.4 is 5.32 Å².